The number of ether oxygens (including phenoxy) is 2. The van der Waals surface area contributed by atoms with Crippen molar-refractivity contribution in [2.45, 2.75) is 5.37 Å². The molecule has 0 spiro atoms. The molecule has 5 nitrogen and oxygen atoms in total. The highest BCUT2D eigenvalue weighted by Crippen LogP contribution is 2.40. The minimum absolute atomic E-state index is 0.0378. The van der Waals surface area contributed by atoms with Gasteiger partial charge < -0.3 is 19.5 Å². The number of benzene rings is 1. The van der Waals surface area contributed by atoms with Crippen LogP contribution in [0, 0.1) is 0 Å². The fourth-order valence-electron chi connectivity index (χ4n) is 2.05. The number of aliphatic hydroxyl groups is 1. The molecular weight excluding hydrogens is 266 g/mol. The lowest BCUT2D eigenvalue weighted by atomic mass is 10.1. The summed E-state index contributed by atoms with van der Waals surface area (Å²) in [6, 6.07) is 5.58. The fourth-order valence-corrected chi connectivity index (χ4v) is 3.25. The number of carbonyl (C=O) groups is 1. The molecule has 1 atom stereocenters. The van der Waals surface area contributed by atoms with Gasteiger partial charge in [-0.15, -0.1) is 11.8 Å². The van der Waals surface area contributed by atoms with E-state index in [1.807, 2.05) is 12.1 Å². The number of β-amino-alcohol motifs (C(OH)–C–C–N with tert-alkyl or cyclic N) is 1. The van der Waals surface area contributed by atoms with Gasteiger partial charge in [0.15, 0.2) is 0 Å². The van der Waals surface area contributed by atoms with Gasteiger partial charge in [0.1, 0.15) is 16.9 Å². The van der Waals surface area contributed by atoms with Gasteiger partial charge in [-0.05, 0) is 17.7 Å². The standard InChI is InChI=1S/C13H17NO4S/c1-17-10-5-9(6-11(7-10)18-2)13-14(3-4-15)12(16)8-19-13/h5-7,13,15H,3-4,8H2,1-2H3. The van der Waals surface area contributed by atoms with Crippen LogP contribution in [0.15, 0.2) is 18.2 Å². The van der Waals surface area contributed by atoms with Gasteiger partial charge in [0, 0.05) is 12.6 Å². The lowest BCUT2D eigenvalue weighted by Crippen LogP contribution is -2.30. The molecule has 1 fully saturated rings. The highest BCUT2D eigenvalue weighted by molar-refractivity contribution is 8.00. The third kappa shape index (κ3) is 2.96. The van der Waals surface area contributed by atoms with Crippen LogP contribution in [-0.2, 0) is 4.79 Å². The van der Waals surface area contributed by atoms with E-state index in [-0.39, 0.29) is 17.9 Å². The number of hydrogen-bond acceptors (Lipinski definition) is 5. The molecule has 0 bridgehead atoms. The number of hydrogen-bond donors (Lipinski definition) is 1. The van der Waals surface area contributed by atoms with Crippen molar-refractivity contribution in [3.05, 3.63) is 23.8 Å². The molecule has 1 amide bonds. The highest BCUT2D eigenvalue weighted by atomic mass is 32.2. The smallest absolute Gasteiger partial charge is 0.233 e. The summed E-state index contributed by atoms with van der Waals surface area (Å²) in [5.41, 5.74) is 0.945. The normalized spacial score (nSPS) is 18.8. The summed E-state index contributed by atoms with van der Waals surface area (Å²) in [6.07, 6.45) is 0. The van der Waals surface area contributed by atoms with Crippen LogP contribution in [0.3, 0.4) is 0 Å². The van der Waals surface area contributed by atoms with Crippen LogP contribution in [0.2, 0.25) is 0 Å². The summed E-state index contributed by atoms with van der Waals surface area (Å²) < 4.78 is 10.5. The van der Waals surface area contributed by atoms with E-state index in [0.29, 0.717) is 23.8 Å². The molecular formula is C13H17NO4S. The highest BCUT2D eigenvalue weighted by Gasteiger charge is 2.32. The Morgan fingerprint density at radius 1 is 1.32 bits per heavy atom. The van der Waals surface area contributed by atoms with Crippen molar-refractivity contribution in [1.82, 2.24) is 4.90 Å². The number of thioether (sulfide) groups is 1. The van der Waals surface area contributed by atoms with Crippen LogP contribution in [-0.4, -0.2) is 49.0 Å². The van der Waals surface area contributed by atoms with Gasteiger partial charge in [-0.25, -0.2) is 0 Å². The molecule has 104 valence electrons. The SMILES string of the molecule is COc1cc(OC)cc(C2SCC(=O)N2CCO)c1. The first-order chi connectivity index (χ1) is 9.19. The maximum Gasteiger partial charge on any atom is 0.233 e. The Kier molecular flexibility index (Phi) is 4.55. The van der Waals surface area contributed by atoms with Crippen LogP contribution in [0.1, 0.15) is 10.9 Å². The quantitative estimate of drug-likeness (QED) is 0.882. The second-order valence-corrected chi connectivity index (χ2v) is 5.19. The summed E-state index contributed by atoms with van der Waals surface area (Å²) >= 11 is 1.54. The molecule has 0 aromatic heterocycles. The monoisotopic (exact) mass is 283 g/mol. The van der Waals surface area contributed by atoms with Gasteiger partial charge in [0.2, 0.25) is 5.91 Å². The Labute approximate surface area is 116 Å². The minimum atomic E-state index is -0.0938. The zero-order chi connectivity index (χ0) is 13.8. The van der Waals surface area contributed by atoms with Gasteiger partial charge in [-0.1, -0.05) is 0 Å². The molecule has 0 radical (unpaired) electrons. The largest absolute Gasteiger partial charge is 0.497 e. The molecule has 1 aliphatic heterocycles. The van der Waals surface area contributed by atoms with E-state index in [2.05, 4.69) is 0 Å². The maximum absolute atomic E-state index is 11.8. The summed E-state index contributed by atoms with van der Waals surface area (Å²) in [6.45, 7) is 0.305. The molecule has 0 aliphatic carbocycles. The number of rotatable bonds is 5. The Balaban J connectivity index is 2.31. The zero-order valence-corrected chi connectivity index (χ0v) is 11.8. The van der Waals surface area contributed by atoms with Crippen molar-refractivity contribution in [1.29, 1.82) is 0 Å². The molecule has 0 saturated carbocycles. The number of aliphatic hydroxyl groups excluding tert-OH is 1. The molecule has 1 N–H and O–H groups in total. The molecule has 1 aromatic carbocycles. The predicted molar refractivity (Wildman–Crippen MR) is 73.5 cm³/mol. The number of methoxy groups -OCH3 is 2. The number of amides is 1. The van der Waals surface area contributed by atoms with Crippen LogP contribution in [0.5, 0.6) is 11.5 Å². The second kappa shape index (κ2) is 6.16. The molecule has 1 aliphatic rings. The van der Waals surface area contributed by atoms with Crippen LogP contribution >= 0.6 is 11.8 Å². The molecule has 1 aromatic rings. The van der Waals surface area contributed by atoms with Crippen molar-refractivity contribution in [3.8, 4) is 11.5 Å². The number of nitrogens with zero attached hydrogens (tertiary/aromatic N) is 1. The Bertz CT molecular complexity index is 444. The lowest BCUT2D eigenvalue weighted by molar-refractivity contribution is -0.128. The van der Waals surface area contributed by atoms with Gasteiger partial charge in [-0.2, -0.15) is 0 Å². The fraction of sp³-hybridized carbons (Fsp3) is 0.462. The summed E-state index contributed by atoms with van der Waals surface area (Å²) in [7, 11) is 3.19. The van der Waals surface area contributed by atoms with Gasteiger partial charge >= 0.3 is 0 Å². The third-order valence-corrected chi connectivity index (χ3v) is 4.22. The average molecular weight is 283 g/mol. The first-order valence-corrected chi connectivity index (χ1v) is 6.99. The van der Waals surface area contributed by atoms with Gasteiger partial charge in [-0.3, -0.25) is 4.79 Å². The van der Waals surface area contributed by atoms with Crippen molar-refractivity contribution in [2.75, 3.05) is 33.1 Å². The molecule has 6 heteroatoms. The van der Waals surface area contributed by atoms with E-state index in [9.17, 15) is 4.79 Å². The minimum Gasteiger partial charge on any atom is -0.497 e. The van der Waals surface area contributed by atoms with Crippen LogP contribution < -0.4 is 9.47 Å². The predicted octanol–water partition coefficient (Wildman–Crippen LogP) is 1.27. The van der Waals surface area contributed by atoms with Crippen molar-refractivity contribution < 1.29 is 19.4 Å². The third-order valence-electron chi connectivity index (χ3n) is 2.97. The first kappa shape index (κ1) is 14.0. The van der Waals surface area contributed by atoms with E-state index >= 15 is 0 Å². The molecule has 1 heterocycles. The van der Waals surface area contributed by atoms with Gasteiger partial charge in [0.05, 0.1) is 26.6 Å². The van der Waals surface area contributed by atoms with E-state index in [1.165, 1.54) is 0 Å². The van der Waals surface area contributed by atoms with Crippen molar-refractivity contribution in [3.63, 3.8) is 0 Å². The zero-order valence-electron chi connectivity index (χ0n) is 11.0. The topological polar surface area (TPSA) is 59.0 Å². The Morgan fingerprint density at radius 2 is 1.95 bits per heavy atom. The van der Waals surface area contributed by atoms with E-state index in [1.54, 1.807) is 36.9 Å². The molecule has 1 saturated heterocycles. The summed E-state index contributed by atoms with van der Waals surface area (Å²) in [5.74, 6) is 1.87. The molecule has 2 rings (SSSR count). The summed E-state index contributed by atoms with van der Waals surface area (Å²) in [4.78, 5) is 13.5. The number of carbonyl (C=O) groups excluding carboxylic acids is 1. The van der Waals surface area contributed by atoms with Crippen molar-refractivity contribution >= 4 is 17.7 Å². The Hall–Kier alpha value is -1.40. The summed E-state index contributed by atoms with van der Waals surface area (Å²) in [5, 5.41) is 8.96. The van der Waals surface area contributed by atoms with E-state index < -0.39 is 0 Å². The van der Waals surface area contributed by atoms with Gasteiger partial charge in [0.25, 0.3) is 0 Å². The molecule has 1 unspecified atom stereocenters. The second-order valence-electron chi connectivity index (χ2n) is 4.12. The Morgan fingerprint density at radius 3 is 2.47 bits per heavy atom. The maximum atomic E-state index is 11.8. The lowest BCUT2D eigenvalue weighted by Gasteiger charge is -2.24. The molecule has 19 heavy (non-hydrogen) atoms. The van der Waals surface area contributed by atoms with Crippen LogP contribution in [0.25, 0.3) is 0 Å². The van der Waals surface area contributed by atoms with E-state index in [4.69, 9.17) is 14.6 Å². The average Bonchev–Trinajstić information content (AvgIpc) is 2.80. The van der Waals surface area contributed by atoms with Crippen molar-refractivity contribution in [2.24, 2.45) is 0 Å². The van der Waals surface area contributed by atoms with E-state index in [0.717, 1.165) is 5.56 Å². The first-order valence-electron chi connectivity index (χ1n) is 5.94. The van der Waals surface area contributed by atoms with Crippen LogP contribution in [0.4, 0.5) is 0 Å².